The van der Waals surface area contributed by atoms with E-state index in [4.69, 9.17) is 9.47 Å². The molecule has 2 fully saturated rings. The third-order valence-electron chi connectivity index (χ3n) is 7.34. The van der Waals surface area contributed by atoms with Crippen LogP contribution in [0.2, 0.25) is 19.1 Å². The minimum Gasteiger partial charge on any atom is -0.465 e. The van der Waals surface area contributed by atoms with E-state index in [0.29, 0.717) is 12.8 Å². The summed E-state index contributed by atoms with van der Waals surface area (Å²) >= 11 is 0. The van der Waals surface area contributed by atoms with Gasteiger partial charge in [0.1, 0.15) is 0 Å². The topological polar surface area (TPSA) is 59.1 Å². The van der Waals surface area contributed by atoms with Gasteiger partial charge in [-0.3, -0.25) is 9.59 Å². The highest BCUT2D eigenvalue weighted by molar-refractivity contribution is 6.89. The van der Waals surface area contributed by atoms with Crippen LogP contribution in [0, 0.1) is 11.3 Å². The lowest BCUT2D eigenvalue weighted by Gasteiger charge is -2.29. The first-order chi connectivity index (χ1) is 15.6. The molecule has 1 aliphatic heterocycles. The molecule has 1 saturated carbocycles. The van der Waals surface area contributed by atoms with Crippen LogP contribution in [0.15, 0.2) is 41.9 Å². The van der Waals surface area contributed by atoms with Crippen molar-refractivity contribution in [3.8, 4) is 0 Å². The van der Waals surface area contributed by atoms with E-state index in [-0.39, 0.29) is 26.1 Å². The fourth-order valence-corrected chi connectivity index (χ4v) is 8.40. The minimum atomic E-state index is -1.82. The molecule has 2 aliphatic rings. The van der Waals surface area contributed by atoms with E-state index in [9.17, 15) is 9.59 Å². The first-order valence-corrected chi connectivity index (χ1v) is 15.4. The van der Waals surface area contributed by atoms with E-state index in [2.05, 4.69) is 67.1 Å². The summed E-state index contributed by atoms with van der Waals surface area (Å²) in [6, 6.07) is 11.6. The zero-order valence-corrected chi connectivity index (χ0v) is 22.1. The Kier molecular flexibility index (Phi) is 8.24. The van der Waals surface area contributed by atoms with Gasteiger partial charge < -0.3 is 19.1 Å². The van der Waals surface area contributed by atoms with Crippen molar-refractivity contribution in [2.45, 2.75) is 45.8 Å². The van der Waals surface area contributed by atoms with Crippen molar-refractivity contribution < 1.29 is 19.1 Å². The van der Waals surface area contributed by atoms with Crippen LogP contribution in [-0.2, 0) is 19.1 Å². The van der Waals surface area contributed by atoms with Crippen LogP contribution in [0.5, 0.6) is 0 Å². The number of hydrogen-bond donors (Lipinski definition) is 0. The Morgan fingerprint density at radius 1 is 1.06 bits per heavy atom. The number of benzene rings is 1. The van der Waals surface area contributed by atoms with Gasteiger partial charge in [-0.2, -0.15) is 0 Å². The van der Waals surface area contributed by atoms with E-state index < -0.39 is 25.4 Å². The van der Waals surface area contributed by atoms with E-state index in [0.717, 1.165) is 19.1 Å². The lowest BCUT2D eigenvalue weighted by molar-refractivity contribution is -0.171. The lowest BCUT2D eigenvalue weighted by Crippen LogP contribution is -2.44. The molecule has 1 saturated heterocycles. The Hall–Kier alpha value is -1.90. The van der Waals surface area contributed by atoms with Gasteiger partial charge in [0.2, 0.25) is 0 Å². The van der Waals surface area contributed by atoms with Gasteiger partial charge in [0.05, 0.1) is 21.3 Å². The maximum absolute atomic E-state index is 13.2. The molecule has 1 unspecified atom stereocenters. The number of rotatable bonds is 8. The molecule has 3 rings (SSSR count). The normalized spacial score (nSPS) is 22.7. The zero-order chi connectivity index (χ0) is 24.2. The number of hydrogen-bond acceptors (Lipinski definition) is 6. The fraction of sp³-hybridized carbons (Fsp3) is 0.600. The summed E-state index contributed by atoms with van der Waals surface area (Å²) in [6.07, 6.45) is 0.840. The molecular formula is C25H39BN2O4Si. The Morgan fingerprint density at radius 2 is 1.61 bits per heavy atom. The van der Waals surface area contributed by atoms with E-state index >= 15 is 0 Å². The molecule has 0 aromatic heterocycles. The molecule has 0 amide bonds. The molecule has 1 aromatic carbocycles. The van der Waals surface area contributed by atoms with Gasteiger partial charge in [0.25, 0.3) is 0 Å². The van der Waals surface area contributed by atoms with Gasteiger partial charge in [-0.25, -0.2) is 0 Å². The van der Waals surface area contributed by atoms with Crippen molar-refractivity contribution in [1.82, 2.24) is 9.62 Å². The maximum Gasteiger partial charge on any atom is 0.338 e. The Balaban J connectivity index is 2.01. The van der Waals surface area contributed by atoms with Gasteiger partial charge in [-0.05, 0) is 52.7 Å². The van der Waals surface area contributed by atoms with Crippen molar-refractivity contribution in [1.29, 1.82) is 0 Å². The third kappa shape index (κ3) is 5.44. The van der Waals surface area contributed by atoms with Crippen molar-refractivity contribution in [2.24, 2.45) is 11.3 Å². The lowest BCUT2D eigenvalue weighted by atomic mass is 9.71. The average molecular weight is 470 g/mol. The quantitative estimate of drug-likeness (QED) is 0.331. The molecule has 6 nitrogen and oxygen atoms in total. The molecule has 1 heterocycles. The number of ether oxygens (including phenoxy) is 2. The molecule has 180 valence electrons. The van der Waals surface area contributed by atoms with Crippen LogP contribution in [-0.4, -0.2) is 77.0 Å². The second kappa shape index (κ2) is 10.6. The molecular weight excluding hydrogens is 431 g/mol. The van der Waals surface area contributed by atoms with Gasteiger partial charge in [0, 0.05) is 13.1 Å². The number of esters is 2. The molecule has 0 spiro atoms. The maximum atomic E-state index is 13.2. The molecule has 0 radical (unpaired) electrons. The Morgan fingerprint density at radius 3 is 2.12 bits per heavy atom. The van der Waals surface area contributed by atoms with Crippen LogP contribution in [0.25, 0.3) is 0 Å². The first kappa shape index (κ1) is 25.7. The summed E-state index contributed by atoms with van der Waals surface area (Å²) in [4.78, 5) is 31.1. The zero-order valence-electron chi connectivity index (χ0n) is 21.1. The van der Waals surface area contributed by atoms with Crippen molar-refractivity contribution in [2.75, 3.05) is 40.4 Å². The number of carbonyl (C=O) groups excluding carboxylic acids is 2. The summed E-state index contributed by atoms with van der Waals surface area (Å²) < 4.78 is 10.9. The van der Waals surface area contributed by atoms with Crippen LogP contribution in [0.1, 0.15) is 26.7 Å². The largest absolute Gasteiger partial charge is 0.465 e. The standard InChI is InChI=1S/C25H39BN2O4Si/c1-7-31-23(29)25(24(30)32-8-2)16-20(18-26-27(3)14-15-28(26)4)21(17-25)19-33(5,6)22-12-10-9-11-13-22/h9-13,18,21H,7-8,14-17,19H2,1-6H3. The third-order valence-corrected chi connectivity index (χ3v) is 10.8. The number of allylic oxidation sites excluding steroid dienone is 1. The summed E-state index contributed by atoms with van der Waals surface area (Å²) in [5, 5.41) is 1.39. The second-order valence-corrected chi connectivity index (χ2v) is 14.9. The van der Waals surface area contributed by atoms with Crippen molar-refractivity contribution >= 4 is 32.2 Å². The van der Waals surface area contributed by atoms with Crippen molar-refractivity contribution in [3.05, 3.63) is 41.9 Å². The van der Waals surface area contributed by atoms with Gasteiger partial charge in [-0.15, -0.1) is 0 Å². The summed E-state index contributed by atoms with van der Waals surface area (Å²) in [5.41, 5.74) is -0.0578. The molecule has 0 N–H and O–H groups in total. The van der Waals surface area contributed by atoms with Crippen LogP contribution in [0.4, 0.5) is 0 Å². The highest BCUT2D eigenvalue weighted by atomic mass is 28.3. The van der Waals surface area contributed by atoms with Crippen LogP contribution < -0.4 is 5.19 Å². The Labute approximate surface area is 200 Å². The van der Waals surface area contributed by atoms with Crippen molar-refractivity contribution in [3.63, 3.8) is 0 Å². The predicted molar refractivity (Wildman–Crippen MR) is 136 cm³/mol. The Bertz CT molecular complexity index is 848. The highest BCUT2D eigenvalue weighted by Gasteiger charge is 2.56. The molecule has 8 heteroatoms. The van der Waals surface area contributed by atoms with Gasteiger partial charge >= 0.3 is 18.9 Å². The summed E-state index contributed by atoms with van der Waals surface area (Å²) in [7, 11) is 2.44. The predicted octanol–water partition coefficient (Wildman–Crippen LogP) is 2.96. The molecule has 1 atom stereocenters. The van der Waals surface area contributed by atoms with Gasteiger partial charge in [-0.1, -0.05) is 60.2 Å². The average Bonchev–Trinajstić information content (AvgIpc) is 3.30. The summed E-state index contributed by atoms with van der Waals surface area (Å²) in [6.45, 7) is 11.0. The number of likely N-dealkylation sites (N-methyl/N-ethyl adjacent to an activating group) is 2. The van der Waals surface area contributed by atoms with Gasteiger partial charge in [0.15, 0.2) is 5.41 Å². The second-order valence-electron chi connectivity index (χ2n) is 10.2. The van der Waals surface area contributed by atoms with E-state index in [1.165, 1.54) is 10.8 Å². The van der Waals surface area contributed by atoms with Crippen LogP contribution >= 0.6 is 0 Å². The van der Waals surface area contributed by atoms with E-state index in [1.807, 2.05) is 6.07 Å². The molecule has 1 aromatic rings. The fourth-order valence-electron chi connectivity index (χ4n) is 5.43. The molecule has 1 aliphatic carbocycles. The van der Waals surface area contributed by atoms with Crippen LogP contribution in [0.3, 0.4) is 0 Å². The molecule has 0 bridgehead atoms. The SMILES string of the molecule is CCOC(=O)C1(C(=O)OCC)CC(=CB2N(C)CCN2C)C(C[Si](C)(C)c2ccccc2)C1. The smallest absolute Gasteiger partial charge is 0.338 e. The highest BCUT2D eigenvalue weighted by Crippen LogP contribution is 2.50. The minimum absolute atomic E-state index is 0.142. The summed E-state index contributed by atoms with van der Waals surface area (Å²) in [5.74, 6) is 1.56. The number of nitrogens with zero attached hydrogens (tertiary/aromatic N) is 2. The molecule has 33 heavy (non-hydrogen) atoms. The first-order valence-electron chi connectivity index (χ1n) is 12.2. The van der Waals surface area contributed by atoms with E-state index in [1.54, 1.807) is 13.8 Å². The monoisotopic (exact) mass is 470 g/mol. The number of carbonyl (C=O) groups is 2.